The summed E-state index contributed by atoms with van der Waals surface area (Å²) in [5, 5.41) is 8.46. The van der Waals surface area contributed by atoms with E-state index >= 15 is 0 Å². The van der Waals surface area contributed by atoms with Crippen molar-refractivity contribution >= 4 is 15.9 Å². The minimum Gasteiger partial charge on any atom is -0.246 e. The Balaban J connectivity index is 3.12. The maximum atomic E-state index is 12.1. The van der Waals surface area contributed by atoms with E-state index in [2.05, 4.69) is 15.9 Å². The lowest BCUT2D eigenvalue weighted by atomic mass is 10.2. The van der Waals surface area contributed by atoms with Crippen molar-refractivity contribution in [2.75, 3.05) is 0 Å². The molecular formula is C8H5BrFN. The molecule has 0 aromatic heterocycles. The number of benzene rings is 1. The Bertz CT molecular complexity index is 303. The summed E-state index contributed by atoms with van der Waals surface area (Å²) < 4.78 is 12.8. The summed E-state index contributed by atoms with van der Waals surface area (Å²) in [5.41, 5.74) is 1.11. The van der Waals surface area contributed by atoms with Crippen LogP contribution in [0.1, 0.15) is 11.1 Å². The average molecular weight is 214 g/mol. The van der Waals surface area contributed by atoms with E-state index in [4.69, 9.17) is 5.26 Å². The lowest BCUT2D eigenvalue weighted by molar-refractivity contribution is 0.484. The molecule has 1 aromatic rings. The molecule has 0 heterocycles. The van der Waals surface area contributed by atoms with Crippen LogP contribution in [-0.2, 0) is 6.67 Å². The number of rotatable bonds is 1. The number of hydrogen-bond donors (Lipinski definition) is 0. The number of nitriles is 1. The quantitative estimate of drug-likeness (QED) is 0.704. The largest absolute Gasteiger partial charge is 0.246 e. The molecule has 1 aromatic carbocycles. The molecule has 0 aliphatic carbocycles. The Morgan fingerprint density at radius 2 is 2.27 bits per heavy atom. The fourth-order valence-electron chi connectivity index (χ4n) is 0.725. The van der Waals surface area contributed by atoms with E-state index in [1.807, 2.05) is 6.07 Å². The van der Waals surface area contributed by atoms with E-state index in [1.54, 1.807) is 18.2 Å². The smallest absolute Gasteiger partial charge is 0.116 e. The fourth-order valence-corrected chi connectivity index (χ4v) is 1.21. The average Bonchev–Trinajstić information content (AvgIpc) is 2.04. The van der Waals surface area contributed by atoms with Crippen LogP contribution in [0.3, 0.4) is 0 Å². The minimum atomic E-state index is -0.508. The second-order valence-corrected chi connectivity index (χ2v) is 2.91. The summed E-state index contributed by atoms with van der Waals surface area (Å²) >= 11 is 3.16. The first-order valence-corrected chi connectivity index (χ1v) is 3.81. The van der Waals surface area contributed by atoms with Crippen molar-refractivity contribution in [1.29, 1.82) is 5.26 Å². The third kappa shape index (κ3) is 1.78. The highest BCUT2D eigenvalue weighted by atomic mass is 79.9. The molecule has 0 N–H and O–H groups in total. The van der Waals surface area contributed by atoms with Crippen LogP contribution < -0.4 is 0 Å². The highest BCUT2D eigenvalue weighted by Crippen LogP contribution is 2.18. The SMILES string of the molecule is N#Cc1ccc(CF)c(Br)c1. The molecule has 0 aliphatic rings. The van der Waals surface area contributed by atoms with Gasteiger partial charge in [0.05, 0.1) is 11.6 Å². The first-order valence-electron chi connectivity index (χ1n) is 3.02. The molecule has 3 heteroatoms. The van der Waals surface area contributed by atoms with E-state index in [-0.39, 0.29) is 0 Å². The van der Waals surface area contributed by atoms with Crippen LogP contribution in [0.5, 0.6) is 0 Å². The molecular weight excluding hydrogens is 209 g/mol. The number of halogens is 2. The summed E-state index contributed by atoms with van der Waals surface area (Å²) in [6.45, 7) is -0.508. The summed E-state index contributed by atoms with van der Waals surface area (Å²) in [4.78, 5) is 0. The second kappa shape index (κ2) is 3.49. The van der Waals surface area contributed by atoms with Crippen molar-refractivity contribution in [2.45, 2.75) is 6.67 Å². The van der Waals surface area contributed by atoms with Crippen molar-refractivity contribution in [3.8, 4) is 6.07 Å². The van der Waals surface area contributed by atoms with Crippen LogP contribution in [0.15, 0.2) is 22.7 Å². The lowest BCUT2D eigenvalue weighted by Gasteiger charge is -1.97. The molecule has 0 aliphatic heterocycles. The van der Waals surface area contributed by atoms with Crippen molar-refractivity contribution in [1.82, 2.24) is 0 Å². The standard InChI is InChI=1S/C8H5BrFN/c9-8-3-6(5-11)1-2-7(8)4-10/h1-3H,4H2. The molecule has 0 bridgehead atoms. The Morgan fingerprint density at radius 3 is 2.73 bits per heavy atom. The van der Waals surface area contributed by atoms with Crippen LogP contribution in [0.4, 0.5) is 4.39 Å². The maximum Gasteiger partial charge on any atom is 0.116 e. The first kappa shape index (κ1) is 8.22. The molecule has 11 heavy (non-hydrogen) atoms. The Hall–Kier alpha value is -0.880. The highest BCUT2D eigenvalue weighted by molar-refractivity contribution is 9.10. The normalized spacial score (nSPS) is 9.18. The topological polar surface area (TPSA) is 23.8 Å². The zero-order valence-corrected chi connectivity index (χ0v) is 7.23. The Labute approximate surface area is 72.6 Å². The zero-order chi connectivity index (χ0) is 8.27. The Kier molecular flexibility index (Phi) is 2.61. The van der Waals surface area contributed by atoms with Gasteiger partial charge in [-0.05, 0) is 17.7 Å². The van der Waals surface area contributed by atoms with Gasteiger partial charge in [0, 0.05) is 4.47 Å². The molecule has 0 saturated carbocycles. The van der Waals surface area contributed by atoms with E-state index in [0.717, 1.165) is 0 Å². The van der Waals surface area contributed by atoms with E-state index < -0.39 is 6.67 Å². The molecule has 0 amide bonds. The van der Waals surface area contributed by atoms with Gasteiger partial charge in [0.15, 0.2) is 0 Å². The Morgan fingerprint density at radius 1 is 1.55 bits per heavy atom. The van der Waals surface area contributed by atoms with Crippen molar-refractivity contribution in [3.63, 3.8) is 0 Å². The molecule has 0 unspecified atom stereocenters. The maximum absolute atomic E-state index is 12.1. The van der Waals surface area contributed by atoms with Gasteiger partial charge < -0.3 is 0 Å². The molecule has 0 radical (unpaired) electrons. The predicted molar refractivity (Wildman–Crippen MR) is 43.7 cm³/mol. The van der Waals surface area contributed by atoms with Gasteiger partial charge in [0.2, 0.25) is 0 Å². The minimum absolute atomic E-state index is 0.508. The van der Waals surface area contributed by atoms with Gasteiger partial charge in [-0.3, -0.25) is 0 Å². The lowest BCUT2D eigenvalue weighted by Crippen LogP contribution is -1.82. The van der Waals surface area contributed by atoms with Gasteiger partial charge >= 0.3 is 0 Å². The van der Waals surface area contributed by atoms with Crippen molar-refractivity contribution in [3.05, 3.63) is 33.8 Å². The highest BCUT2D eigenvalue weighted by Gasteiger charge is 1.99. The van der Waals surface area contributed by atoms with E-state index in [1.165, 1.54) is 0 Å². The second-order valence-electron chi connectivity index (χ2n) is 2.05. The molecule has 0 saturated heterocycles. The molecule has 0 atom stereocenters. The van der Waals surface area contributed by atoms with Gasteiger partial charge in [0.25, 0.3) is 0 Å². The monoisotopic (exact) mass is 213 g/mol. The first-order chi connectivity index (χ1) is 5.27. The van der Waals surface area contributed by atoms with Gasteiger partial charge in [-0.15, -0.1) is 0 Å². The van der Waals surface area contributed by atoms with Crippen LogP contribution in [0.2, 0.25) is 0 Å². The summed E-state index contributed by atoms with van der Waals surface area (Å²) in [6.07, 6.45) is 0. The molecule has 56 valence electrons. The summed E-state index contributed by atoms with van der Waals surface area (Å²) in [7, 11) is 0. The number of hydrogen-bond acceptors (Lipinski definition) is 1. The zero-order valence-electron chi connectivity index (χ0n) is 5.64. The molecule has 0 fully saturated rings. The molecule has 1 nitrogen and oxygen atoms in total. The van der Waals surface area contributed by atoms with E-state index in [0.29, 0.717) is 15.6 Å². The van der Waals surface area contributed by atoms with Gasteiger partial charge in [-0.25, -0.2) is 4.39 Å². The summed E-state index contributed by atoms with van der Waals surface area (Å²) in [5.74, 6) is 0. The number of alkyl halides is 1. The molecule has 0 spiro atoms. The number of nitrogens with zero attached hydrogens (tertiary/aromatic N) is 1. The van der Waals surface area contributed by atoms with Gasteiger partial charge in [-0.1, -0.05) is 22.0 Å². The van der Waals surface area contributed by atoms with Gasteiger partial charge in [0.1, 0.15) is 6.67 Å². The van der Waals surface area contributed by atoms with E-state index in [9.17, 15) is 4.39 Å². The molecule has 1 rings (SSSR count). The summed E-state index contributed by atoms with van der Waals surface area (Å²) in [6, 6.07) is 6.77. The predicted octanol–water partition coefficient (Wildman–Crippen LogP) is 2.79. The van der Waals surface area contributed by atoms with Crippen molar-refractivity contribution in [2.24, 2.45) is 0 Å². The van der Waals surface area contributed by atoms with Crippen LogP contribution >= 0.6 is 15.9 Å². The van der Waals surface area contributed by atoms with Crippen LogP contribution in [0, 0.1) is 11.3 Å². The van der Waals surface area contributed by atoms with Crippen LogP contribution in [0.25, 0.3) is 0 Å². The third-order valence-electron chi connectivity index (χ3n) is 1.33. The fraction of sp³-hybridized carbons (Fsp3) is 0.125. The van der Waals surface area contributed by atoms with Crippen LogP contribution in [-0.4, -0.2) is 0 Å². The third-order valence-corrected chi connectivity index (χ3v) is 2.06. The van der Waals surface area contributed by atoms with Gasteiger partial charge in [-0.2, -0.15) is 5.26 Å². The van der Waals surface area contributed by atoms with Crippen molar-refractivity contribution < 1.29 is 4.39 Å².